The molecule has 0 saturated heterocycles. The van der Waals surface area contributed by atoms with Crippen molar-refractivity contribution >= 4 is 59.7 Å². The summed E-state index contributed by atoms with van der Waals surface area (Å²) >= 11 is 0. The Morgan fingerprint density at radius 1 is 0.510 bits per heavy atom. The van der Waals surface area contributed by atoms with Gasteiger partial charge >= 0.3 is 0 Å². The molecule has 1 aliphatic heterocycles. The molecule has 0 amide bonds. The zero-order chi connectivity index (χ0) is 32.3. The fourth-order valence-electron chi connectivity index (χ4n) is 7.64. The van der Waals surface area contributed by atoms with Crippen LogP contribution in [0, 0.1) is 0 Å². The quantitative estimate of drug-likeness (QED) is 0.211. The molecule has 0 radical (unpaired) electrons. The van der Waals surface area contributed by atoms with Crippen LogP contribution in [0.1, 0.15) is 5.56 Å². The zero-order valence-corrected chi connectivity index (χ0v) is 26.8. The van der Waals surface area contributed by atoms with Gasteiger partial charge in [0.05, 0.1) is 22.4 Å². The predicted molar refractivity (Wildman–Crippen MR) is 207 cm³/mol. The predicted octanol–water partition coefficient (Wildman–Crippen LogP) is 11.5. The van der Waals surface area contributed by atoms with Crippen LogP contribution in [-0.2, 0) is 0 Å². The number of nitrogens with one attached hydrogen (secondary N) is 1. The first-order chi connectivity index (χ1) is 24.3. The van der Waals surface area contributed by atoms with Crippen molar-refractivity contribution in [1.29, 1.82) is 0 Å². The number of dihydropyridines is 1. The SMILES string of the molecule is C1=CC(c2ccc3c4ccc5cc(-c6ccc7cc(-c8ccccn8)ccc7c6)ccc5c4n(-c4cccc5ccccc45)c3c2)=CCN1. The van der Waals surface area contributed by atoms with Crippen molar-refractivity contribution in [1.82, 2.24) is 14.9 Å². The Kier molecular flexibility index (Phi) is 6.25. The van der Waals surface area contributed by atoms with Crippen LogP contribution in [0.3, 0.4) is 0 Å². The minimum absolute atomic E-state index is 0.840. The average molecular weight is 626 g/mol. The summed E-state index contributed by atoms with van der Waals surface area (Å²) < 4.78 is 2.50. The Hall–Kier alpha value is -6.45. The van der Waals surface area contributed by atoms with Gasteiger partial charge in [0, 0.05) is 39.8 Å². The summed E-state index contributed by atoms with van der Waals surface area (Å²) in [5, 5.41) is 13.2. The minimum atomic E-state index is 0.840. The van der Waals surface area contributed by atoms with Gasteiger partial charge < -0.3 is 9.88 Å². The largest absolute Gasteiger partial charge is 0.387 e. The van der Waals surface area contributed by atoms with Crippen LogP contribution in [-0.4, -0.2) is 16.1 Å². The molecule has 3 heterocycles. The second-order valence-corrected chi connectivity index (χ2v) is 12.9. The lowest BCUT2D eigenvalue weighted by Crippen LogP contribution is -2.08. The monoisotopic (exact) mass is 625 g/mol. The van der Waals surface area contributed by atoms with Crippen molar-refractivity contribution in [3.8, 4) is 28.1 Å². The molecule has 9 aromatic rings. The van der Waals surface area contributed by atoms with E-state index in [4.69, 9.17) is 0 Å². The molecule has 0 atom stereocenters. The summed E-state index contributed by atoms with van der Waals surface area (Å²) in [4.78, 5) is 4.54. The van der Waals surface area contributed by atoms with E-state index < -0.39 is 0 Å². The van der Waals surface area contributed by atoms with E-state index in [1.165, 1.54) is 82.1 Å². The van der Waals surface area contributed by atoms with Gasteiger partial charge in [-0.05, 0) is 98.5 Å². The number of hydrogen-bond donors (Lipinski definition) is 1. The Morgan fingerprint density at radius 2 is 1.22 bits per heavy atom. The van der Waals surface area contributed by atoms with Crippen LogP contribution in [0.5, 0.6) is 0 Å². The van der Waals surface area contributed by atoms with Gasteiger partial charge in [-0.1, -0.05) is 109 Å². The lowest BCUT2D eigenvalue weighted by molar-refractivity contribution is 0.976. The summed E-state index contributed by atoms with van der Waals surface area (Å²) in [7, 11) is 0. The number of fused-ring (bicyclic) bond motifs is 7. The normalized spacial score (nSPS) is 13.0. The van der Waals surface area contributed by atoms with E-state index in [9.17, 15) is 0 Å². The maximum atomic E-state index is 4.54. The molecule has 3 heteroatoms. The lowest BCUT2D eigenvalue weighted by atomic mass is 9.96. The number of hydrogen-bond acceptors (Lipinski definition) is 2. The summed E-state index contributed by atoms with van der Waals surface area (Å²) in [6, 6.07) is 53.3. The standard InChI is InChI=1S/C46H31N3/c1-2-8-39-31(6-1)7-5-10-44(39)49-45-29-36(30-21-24-47-25-22-30)16-19-41(45)42-20-17-37-27-35(15-18-40(37)46(42)49)32-11-12-34-28-38(14-13-33(34)26-32)43-9-3-4-23-48-43/h1-24,26-29,47H,25H2. The maximum Gasteiger partial charge on any atom is 0.0702 e. The molecule has 0 bridgehead atoms. The fourth-order valence-corrected chi connectivity index (χ4v) is 7.64. The van der Waals surface area contributed by atoms with Gasteiger partial charge in [0.2, 0.25) is 0 Å². The molecule has 3 nitrogen and oxygen atoms in total. The molecule has 0 saturated carbocycles. The molecule has 0 aliphatic carbocycles. The fraction of sp³-hybridized carbons (Fsp3) is 0.0217. The molecular formula is C46H31N3. The topological polar surface area (TPSA) is 29.9 Å². The summed E-state index contributed by atoms with van der Waals surface area (Å²) in [6.45, 7) is 0.840. The summed E-state index contributed by atoms with van der Waals surface area (Å²) in [5.41, 5.74) is 10.7. The Bertz CT molecular complexity index is 2810. The zero-order valence-electron chi connectivity index (χ0n) is 26.8. The summed E-state index contributed by atoms with van der Waals surface area (Å²) in [5.74, 6) is 0. The van der Waals surface area contributed by atoms with Gasteiger partial charge in [0.15, 0.2) is 0 Å². The van der Waals surface area contributed by atoms with E-state index >= 15 is 0 Å². The second-order valence-electron chi connectivity index (χ2n) is 12.9. The smallest absolute Gasteiger partial charge is 0.0702 e. The number of benzene rings is 7. The molecular weight excluding hydrogens is 595 g/mol. The molecule has 1 N–H and O–H groups in total. The summed E-state index contributed by atoms with van der Waals surface area (Å²) in [6.07, 6.45) is 8.31. The average Bonchev–Trinajstić information content (AvgIpc) is 3.51. The minimum Gasteiger partial charge on any atom is -0.387 e. The molecule has 0 spiro atoms. The van der Waals surface area contributed by atoms with Gasteiger partial charge in [-0.25, -0.2) is 0 Å². The van der Waals surface area contributed by atoms with E-state index in [0.29, 0.717) is 0 Å². The van der Waals surface area contributed by atoms with Crippen LogP contribution < -0.4 is 5.32 Å². The molecule has 10 rings (SSSR count). The first kappa shape index (κ1) is 27.6. The highest BCUT2D eigenvalue weighted by Gasteiger charge is 2.18. The highest BCUT2D eigenvalue weighted by atomic mass is 15.0. The molecule has 0 unspecified atom stereocenters. The first-order valence-electron chi connectivity index (χ1n) is 16.8. The van der Waals surface area contributed by atoms with E-state index in [1.54, 1.807) is 0 Å². The van der Waals surface area contributed by atoms with Gasteiger partial charge in [0.25, 0.3) is 0 Å². The highest BCUT2D eigenvalue weighted by Crippen LogP contribution is 2.40. The molecule has 1 aliphatic rings. The maximum absolute atomic E-state index is 4.54. The van der Waals surface area contributed by atoms with Crippen molar-refractivity contribution in [3.05, 3.63) is 176 Å². The third-order valence-corrected chi connectivity index (χ3v) is 10.0. The van der Waals surface area contributed by atoms with Crippen LogP contribution in [0.4, 0.5) is 0 Å². The van der Waals surface area contributed by atoms with Crippen LogP contribution in [0.25, 0.3) is 87.8 Å². The molecule has 2 aromatic heterocycles. The van der Waals surface area contributed by atoms with Gasteiger partial charge in [-0.15, -0.1) is 0 Å². The Balaban J connectivity index is 1.17. The van der Waals surface area contributed by atoms with Crippen LogP contribution in [0.15, 0.2) is 170 Å². The third kappa shape index (κ3) is 4.55. The molecule has 7 aromatic carbocycles. The Morgan fingerprint density at radius 3 is 2.08 bits per heavy atom. The molecule has 49 heavy (non-hydrogen) atoms. The van der Waals surface area contributed by atoms with E-state index in [2.05, 4.69) is 160 Å². The number of nitrogens with zero attached hydrogens (tertiary/aromatic N) is 2. The van der Waals surface area contributed by atoms with Gasteiger partial charge in [-0.2, -0.15) is 0 Å². The molecule has 0 fully saturated rings. The Labute approximate surface area is 284 Å². The molecule has 230 valence electrons. The van der Waals surface area contributed by atoms with E-state index in [1.807, 2.05) is 24.5 Å². The van der Waals surface area contributed by atoms with Crippen molar-refractivity contribution in [2.75, 3.05) is 6.54 Å². The number of aromatic nitrogens is 2. The van der Waals surface area contributed by atoms with Crippen molar-refractivity contribution in [3.63, 3.8) is 0 Å². The van der Waals surface area contributed by atoms with Crippen LogP contribution >= 0.6 is 0 Å². The number of rotatable bonds is 4. The van der Waals surface area contributed by atoms with E-state index in [0.717, 1.165) is 17.8 Å². The van der Waals surface area contributed by atoms with Crippen molar-refractivity contribution in [2.45, 2.75) is 0 Å². The number of allylic oxidation sites excluding steroid dienone is 2. The number of pyridine rings is 1. The lowest BCUT2D eigenvalue weighted by Gasteiger charge is -2.14. The highest BCUT2D eigenvalue weighted by molar-refractivity contribution is 6.20. The first-order valence-corrected chi connectivity index (χ1v) is 16.8. The van der Waals surface area contributed by atoms with Crippen molar-refractivity contribution < 1.29 is 0 Å². The third-order valence-electron chi connectivity index (χ3n) is 10.0. The van der Waals surface area contributed by atoms with Gasteiger partial charge in [-0.3, -0.25) is 4.98 Å². The van der Waals surface area contributed by atoms with E-state index in [-0.39, 0.29) is 0 Å². The van der Waals surface area contributed by atoms with Gasteiger partial charge in [0.1, 0.15) is 0 Å². The van der Waals surface area contributed by atoms with Crippen LogP contribution in [0.2, 0.25) is 0 Å². The van der Waals surface area contributed by atoms with Crippen molar-refractivity contribution in [2.24, 2.45) is 0 Å². The second kappa shape index (κ2) is 11.1.